The molecule has 27 heavy (non-hydrogen) atoms. The molecule has 144 valence electrons. The summed E-state index contributed by atoms with van der Waals surface area (Å²) >= 11 is 0. The Morgan fingerprint density at radius 2 is 1.78 bits per heavy atom. The van der Waals surface area contributed by atoms with E-state index < -0.39 is 0 Å². The van der Waals surface area contributed by atoms with Gasteiger partial charge in [0.25, 0.3) is 5.91 Å². The van der Waals surface area contributed by atoms with E-state index in [2.05, 4.69) is 41.4 Å². The van der Waals surface area contributed by atoms with Crippen LogP contribution in [0.5, 0.6) is 5.75 Å². The number of nitrogens with zero attached hydrogens (tertiary/aromatic N) is 1. The van der Waals surface area contributed by atoms with Crippen LogP contribution in [0.4, 0.5) is 5.69 Å². The molecule has 2 N–H and O–H groups in total. The molecule has 1 saturated heterocycles. The van der Waals surface area contributed by atoms with E-state index in [9.17, 15) is 4.79 Å². The molecule has 3 rings (SSSR count). The normalized spacial score (nSPS) is 16.0. The third kappa shape index (κ3) is 5.47. The van der Waals surface area contributed by atoms with Crippen LogP contribution in [-0.4, -0.2) is 52.3 Å². The minimum absolute atomic E-state index is 0.144. The molecule has 2 aromatic carbocycles. The SMILES string of the molecule is COc1ccc(N2CC[NH+](CC(=O)NC[C@@H](C)c3ccccc3)CC2)cc1. The molecule has 2 aromatic rings. The van der Waals surface area contributed by atoms with Crippen LogP contribution in [0.3, 0.4) is 0 Å². The van der Waals surface area contributed by atoms with Gasteiger partial charge in [0.1, 0.15) is 5.75 Å². The highest BCUT2D eigenvalue weighted by molar-refractivity contribution is 5.76. The minimum atomic E-state index is 0.144. The Balaban J connectivity index is 1.40. The van der Waals surface area contributed by atoms with Gasteiger partial charge in [-0.1, -0.05) is 37.3 Å². The smallest absolute Gasteiger partial charge is 0.275 e. The predicted molar refractivity (Wildman–Crippen MR) is 109 cm³/mol. The summed E-state index contributed by atoms with van der Waals surface area (Å²) in [5.74, 6) is 1.35. The number of carbonyl (C=O) groups excluding carboxylic acids is 1. The van der Waals surface area contributed by atoms with Crippen molar-refractivity contribution in [2.75, 3.05) is 51.3 Å². The van der Waals surface area contributed by atoms with E-state index in [4.69, 9.17) is 4.74 Å². The summed E-state index contributed by atoms with van der Waals surface area (Å²) in [4.78, 5) is 16.0. The maximum absolute atomic E-state index is 12.3. The van der Waals surface area contributed by atoms with Crippen molar-refractivity contribution < 1.29 is 14.4 Å². The Kier molecular flexibility index (Phi) is 6.71. The highest BCUT2D eigenvalue weighted by Gasteiger charge is 2.22. The Morgan fingerprint density at radius 1 is 1.11 bits per heavy atom. The molecule has 0 saturated carbocycles. The van der Waals surface area contributed by atoms with E-state index in [0.717, 1.165) is 31.9 Å². The number of methoxy groups -OCH3 is 1. The second-order valence-electron chi connectivity index (χ2n) is 7.23. The maximum Gasteiger partial charge on any atom is 0.275 e. The van der Waals surface area contributed by atoms with Gasteiger partial charge in [-0.15, -0.1) is 0 Å². The van der Waals surface area contributed by atoms with Crippen LogP contribution in [0.2, 0.25) is 0 Å². The average molecular weight is 369 g/mol. The molecule has 1 heterocycles. The largest absolute Gasteiger partial charge is 0.497 e. The van der Waals surface area contributed by atoms with Crippen molar-refractivity contribution in [2.45, 2.75) is 12.8 Å². The summed E-state index contributed by atoms with van der Waals surface area (Å²) in [6.07, 6.45) is 0. The fourth-order valence-electron chi connectivity index (χ4n) is 3.51. The van der Waals surface area contributed by atoms with Crippen molar-refractivity contribution in [3.05, 3.63) is 60.2 Å². The van der Waals surface area contributed by atoms with E-state index in [0.29, 0.717) is 19.0 Å². The Bertz CT molecular complexity index is 710. The van der Waals surface area contributed by atoms with Crippen molar-refractivity contribution in [1.82, 2.24) is 5.32 Å². The van der Waals surface area contributed by atoms with Crippen LogP contribution < -0.4 is 19.9 Å². The number of piperazine rings is 1. The van der Waals surface area contributed by atoms with Crippen LogP contribution in [-0.2, 0) is 4.79 Å². The van der Waals surface area contributed by atoms with Gasteiger partial charge in [0.2, 0.25) is 0 Å². The van der Waals surface area contributed by atoms with E-state index >= 15 is 0 Å². The number of hydrogen-bond acceptors (Lipinski definition) is 3. The zero-order chi connectivity index (χ0) is 19.1. The topological polar surface area (TPSA) is 46.0 Å². The summed E-state index contributed by atoms with van der Waals surface area (Å²) in [6, 6.07) is 18.5. The first-order chi connectivity index (χ1) is 13.2. The number of amides is 1. The molecule has 0 bridgehead atoms. The van der Waals surface area contributed by atoms with Crippen molar-refractivity contribution in [2.24, 2.45) is 0 Å². The quantitative estimate of drug-likeness (QED) is 0.775. The molecule has 1 amide bonds. The van der Waals surface area contributed by atoms with E-state index in [1.807, 2.05) is 30.3 Å². The number of carbonyl (C=O) groups is 1. The first-order valence-corrected chi connectivity index (χ1v) is 9.70. The van der Waals surface area contributed by atoms with E-state index in [1.165, 1.54) is 16.2 Å². The molecular weight excluding hydrogens is 338 g/mol. The molecule has 5 nitrogen and oxygen atoms in total. The van der Waals surface area contributed by atoms with Gasteiger partial charge in [0, 0.05) is 12.2 Å². The molecule has 0 aliphatic carbocycles. The lowest BCUT2D eigenvalue weighted by atomic mass is 10.0. The third-order valence-electron chi connectivity index (χ3n) is 5.29. The molecular formula is C22H30N3O2+. The lowest BCUT2D eigenvalue weighted by Gasteiger charge is -2.33. The second kappa shape index (κ2) is 9.42. The molecule has 0 spiro atoms. The molecule has 0 aromatic heterocycles. The first-order valence-electron chi connectivity index (χ1n) is 9.70. The van der Waals surface area contributed by atoms with Crippen molar-refractivity contribution in [3.63, 3.8) is 0 Å². The van der Waals surface area contributed by atoms with Crippen LogP contribution in [0, 0.1) is 0 Å². The molecule has 1 fully saturated rings. The number of hydrogen-bond donors (Lipinski definition) is 2. The third-order valence-corrected chi connectivity index (χ3v) is 5.29. The maximum atomic E-state index is 12.3. The van der Waals surface area contributed by atoms with Crippen molar-refractivity contribution in [1.29, 1.82) is 0 Å². The molecule has 0 unspecified atom stereocenters. The Morgan fingerprint density at radius 3 is 2.41 bits per heavy atom. The van der Waals surface area contributed by atoms with Gasteiger partial charge in [-0.3, -0.25) is 4.79 Å². The summed E-state index contributed by atoms with van der Waals surface area (Å²) in [5.41, 5.74) is 2.48. The Hall–Kier alpha value is -2.53. The average Bonchev–Trinajstić information content (AvgIpc) is 2.73. The zero-order valence-corrected chi connectivity index (χ0v) is 16.3. The summed E-state index contributed by atoms with van der Waals surface area (Å²) in [6.45, 7) is 7.29. The van der Waals surface area contributed by atoms with Crippen LogP contribution in [0.15, 0.2) is 54.6 Å². The van der Waals surface area contributed by atoms with Gasteiger partial charge in [0.05, 0.1) is 33.3 Å². The van der Waals surface area contributed by atoms with Gasteiger partial charge in [0.15, 0.2) is 6.54 Å². The number of nitrogens with one attached hydrogen (secondary N) is 2. The lowest BCUT2D eigenvalue weighted by Crippen LogP contribution is -3.16. The number of quaternary nitrogens is 1. The van der Waals surface area contributed by atoms with Gasteiger partial charge < -0.3 is 19.9 Å². The molecule has 0 radical (unpaired) electrons. The highest BCUT2D eigenvalue weighted by atomic mass is 16.5. The fourth-order valence-corrected chi connectivity index (χ4v) is 3.51. The van der Waals surface area contributed by atoms with Crippen LogP contribution in [0.25, 0.3) is 0 Å². The van der Waals surface area contributed by atoms with E-state index in [-0.39, 0.29) is 5.91 Å². The summed E-state index contributed by atoms with van der Waals surface area (Å²) in [7, 11) is 1.68. The summed E-state index contributed by atoms with van der Waals surface area (Å²) in [5, 5.41) is 3.10. The number of ether oxygens (including phenoxy) is 1. The predicted octanol–water partition coefficient (Wildman–Crippen LogP) is 1.32. The van der Waals surface area contributed by atoms with Gasteiger partial charge >= 0.3 is 0 Å². The first kappa shape index (κ1) is 19.2. The number of anilines is 1. The van der Waals surface area contributed by atoms with Gasteiger partial charge in [-0.25, -0.2) is 0 Å². The van der Waals surface area contributed by atoms with Crippen molar-refractivity contribution in [3.8, 4) is 5.75 Å². The van der Waals surface area contributed by atoms with Crippen molar-refractivity contribution >= 4 is 11.6 Å². The monoisotopic (exact) mass is 368 g/mol. The highest BCUT2D eigenvalue weighted by Crippen LogP contribution is 2.19. The van der Waals surface area contributed by atoms with Crippen LogP contribution in [0.1, 0.15) is 18.4 Å². The molecule has 1 aliphatic heterocycles. The number of rotatable bonds is 7. The standard InChI is InChI=1S/C22H29N3O2/c1-18(19-6-4-3-5-7-19)16-23-22(26)17-24-12-14-25(15-13-24)20-8-10-21(27-2)11-9-20/h3-11,18H,12-17H2,1-2H3,(H,23,26)/p+1/t18-/m1/s1. The molecule has 1 aliphatic rings. The molecule has 5 heteroatoms. The second-order valence-corrected chi connectivity index (χ2v) is 7.23. The summed E-state index contributed by atoms with van der Waals surface area (Å²) < 4.78 is 5.22. The van der Waals surface area contributed by atoms with Gasteiger partial charge in [-0.05, 0) is 35.7 Å². The van der Waals surface area contributed by atoms with Gasteiger partial charge in [-0.2, -0.15) is 0 Å². The van der Waals surface area contributed by atoms with Crippen LogP contribution >= 0.6 is 0 Å². The zero-order valence-electron chi connectivity index (χ0n) is 16.3. The molecule has 1 atom stereocenters. The fraction of sp³-hybridized carbons (Fsp3) is 0.409. The van der Waals surface area contributed by atoms with E-state index in [1.54, 1.807) is 7.11 Å². The Labute approximate surface area is 161 Å². The minimum Gasteiger partial charge on any atom is -0.497 e. The lowest BCUT2D eigenvalue weighted by molar-refractivity contribution is -0.892. The number of benzene rings is 2.